The minimum atomic E-state index is -0.487. The minimum Gasteiger partial charge on any atom is -0.445 e. The number of urea groups is 1. The number of benzene rings is 3. The monoisotopic (exact) mass is 555 g/mol. The largest absolute Gasteiger partial charge is 0.445 e. The summed E-state index contributed by atoms with van der Waals surface area (Å²) in [6.07, 6.45) is 4.03. The van der Waals surface area contributed by atoms with Crippen LogP contribution in [0.15, 0.2) is 104 Å². The number of rotatable bonds is 9. The van der Waals surface area contributed by atoms with Gasteiger partial charge < -0.3 is 19.9 Å². The summed E-state index contributed by atoms with van der Waals surface area (Å²) >= 11 is 1.87. The van der Waals surface area contributed by atoms with Gasteiger partial charge in [-0.3, -0.25) is 0 Å². The Morgan fingerprint density at radius 2 is 1.43 bits per heavy atom. The van der Waals surface area contributed by atoms with Crippen molar-refractivity contribution in [1.82, 2.24) is 15.1 Å². The lowest BCUT2D eigenvalue weighted by Crippen LogP contribution is -2.46. The summed E-state index contributed by atoms with van der Waals surface area (Å²) in [4.78, 5) is 29.6. The first-order valence-corrected chi connectivity index (χ1v) is 14.9. The van der Waals surface area contributed by atoms with Crippen LogP contribution in [0.2, 0.25) is 0 Å². The molecule has 2 aliphatic rings. The number of nitrogens with one attached hydrogen (secondary N) is 1. The van der Waals surface area contributed by atoms with Gasteiger partial charge in [0.1, 0.15) is 6.61 Å². The van der Waals surface area contributed by atoms with E-state index in [4.69, 9.17) is 4.74 Å². The van der Waals surface area contributed by atoms with Crippen molar-refractivity contribution in [3.63, 3.8) is 0 Å². The third-order valence-corrected chi connectivity index (χ3v) is 9.44. The van der Waals surface area contributed by atoms with E-state index in [9.17, 15) is 9.59 Å². The maximum absolute atomic E-state index is 13.2. The van der Waals surface area contributed by atoms with Gasteiger partial charge in [-0.1, -0.05) is 104 Å². The lowest BCUT2D eigenvalue weighted by Gasteiger charge is -2.37. The fraction of sp³-hybridized carbons (Fsp3) is 0.333. The smallest absolute Gasteiger partial charge is 0.410 e. The molecule has 0 saturated carbocycles. The van der Waals surface area contributed by atoms with E-state index in [0.29, 0.717) is 13.1 Å². The summed E-state index contributed by atoms with van der Waals surface area (Å²) in [5.74, 6) is 0. The molecule has 6 nitrogen and oxygen atoms in total. The van der Waals surface area contributed by atoms with E-state index in [0.717, 1.165) is 32.4 Å². The van der Waals surface area contributed by atoms with E-state index in [2.05, 4.69) is 84.7 Å². The van der Waals surface area contributed by atoms with E-state index in [-0.39, 0.29) is 30.0 Å². The molecule has 3 aromatic rings. The number of hydrogen-bond acceptors (Lipinski definition) is 4. The fourth-order valence-corrected chi connectivity index (χ4v) is 7.67. The Morgan fingerprint density at radius 3 is 1.93 bits per heavy atom. The molecule has 0 spiro atoms. The second-order valence-corrected chi connectivity index (χ2v) is 11.8. The number of hydrogen-bond donors (Lipinski definition) is 1. The standard InChI is InChI=1S/C33H37N3O3S/c1-2-22-39-32(38)36-25-30(23-29(36)24-34-31(37)35-20-12-13-21-35)40-33(26-14-6-3-7-15-26,27-16-8-4-9-17-27)28-18-10-5-11-19-28/h2-11,14-19,29-30H,1,12-13,20-25H2,(H,34,37)/t29-,30-/m0/s1. The molecule has 2 aliphatic heterocycles. The van der Waals surface area contributed by atoms with Gasteiger partial charge >= 0.3 is 12.1 Å². The van der Waals surface area contributed by atoms with Gasteiger partial charge in [0.15, 0.2) is 0 Å². The molecule has 0 unspecified atom stereocenters. The third-order valence-electron chi connectivity index (χ3n) is 7.70. The van der Waals surface area contributed by atoms with Crippen molar-refractivity contribution in [1.29, 1.82) is 0 Å². The van der Waals surface area contributed by atoms with Crippen LogP contribution in [0.5, 0.6) is 0 Å². The zero-order valence-corrected chi connectivity index (χ0v) is 23.6. The zero-order chi connectivity index (χ0) is 27.8. The first kappa shape index (κ1) is 27.8. The molecule has 208 valence electrons. The molecule has 2 fully saturated rings. The van der Waals surface area contributed by atoms with Crippen molar-refractivity contribution >= 4 is 23.9 Å². The van der Waals surface area contributed by atoms with Crippen molar-refractivity contribution in [3.8, 4) is 0 Å². The highest BCUT2D eigenvalue weighted by Crippen LogP contribution is 2.52. The number of carbonyl (C=O) groups excluding carboxylic acids is 2. The summed E-state index contributed by atoms with van der Waals surface area (Å²) in [5.41, 5.74) is 3.55. The van der Waals surface area contributed by atoms with Crippen LogP contribution < -0.4 is 5.32 Å². The average molecular weight is 556 g/mol. The Bertz CT molecular complexity index is 1170. The van der Waals surface area contributed by atoms with Crippen molar-refractivity contribution in [2.75, 3.05) is 32.8 Å². The minimum absolute atomic E-state index is 0.0554. The number of likely N-dealkylation sites (tertiary alicyclic amines) is 2. The van der Waals surface area contributed by atoms with Crippen molar-refractivity contribution in [3.05, 3.63) is 120 Å². The molecule has 0 aliphatic carbocycles. The molecular weight excluding hydrogens is 518 g/mol. The number of ether oxygens (including phenoxy) is 1. The highest BCUT2D eigenvalue weighted by atomic mass is 32.2. The molecule has 2 heterocycles. The summed E-state index contributed by atoms with van der Waals surface area (Å²) in [6.45, 7) is 6.33. The highest BCUT2D eigenvalue weighted by Gasteiger charge is 2.44. The Hall–Kier alpha value is -3.71. The van der Waals surface area contributed by atoms with Crippen LogP contribution in [0.3, 0.4) is 0 Å². The SMILES string of the molecule is C=CCOC(=O)N1C[C@@H](SC(c2ccccc2)(c2ccccc2)c2ccccc2)C[C@H]1CNC(=O)N1CCCC1. The predicted octanol–water partition coefficient (Wildman–Crippen LogP) is 6.28. The van der Waals surface area contributed by atoms with E-state index in [1.807, 2.05) is 34.9 Å². The molecule has 0 radical (unpaired) electrons. The molecule has 3 amide bonds. The molecule has 0 aromatic heterocycles. The third kappa shape index (κ3) is 6.04. The maximum atomic E-state index is 13.2. The Balaban J connectivity index is 1.47. The zero-order valence-electron chi connectivity index (χ0n) is 22.8. The van der Waals surface area contributed by atoms with E-state index < -0.39 is 4.75 Å². The van der Waals surface area contributed by atoms with Gasteiger partial charge in [-0.25, -0.2) is 9.59 Å². The summed E-state index contributed by atoms with van der Waals surface area (Å²) in [6, 6.07) is 31.5. The van der Waals surface area contributed by atoms with Crippen LogP contribution in [0.4, 0.5) is 9.59 Å². The van der Waals surface area contributed by atoms with Gasteiger partial charge in [-0.15, -0.1) is 11.8 Å². The van der Waals surface area contributed by atoms with Crippen LogP contribution in [-0.4, -0.2) is 66.0 Å². The number of nitrogens with zero attached hydrogens (tertiary/aromatic N) is 2. The molecule has 5 rings (SSSR count). The molecule has 7 heteroatoms. The van der Waals surface area contributed by atoms with Crippen LogP contribution in [0.25, 0.3) is 0 Å². The molecule has 2 saturated heterocycles. The molecule has 40 heavy (non-hydrogen) atoms. The first-order valence-electron chi connectivity index (χ1n) is 14.0. The Morgan fingerprint density at radius 1 is 0.900 bits per heavy atom. The molecule has 2 atom stereocenters. The number of carbonyl (C=O) groups is 2. The number of amides is 3. The van der Waals surface area contributed by atoms with E-state index in [1.165, 1.54) is 16.7 Å². The van der Waals surface area contributed by atoms with E-state index in [1.54, 1.807) is 11.0 Å². The first-order chi connectivity index (χ1) is 19.6. The fourth-order valence-electron chi connectivity index (χ4n) is 5.80. The second-order valence-electron chi connectivity index (χ2n) is 10.3. The Kier molecular flexibility index (Phi) is 9.12. The van der Waals surface area contributed by atoms with Gasteiger partial charge in [0.05, 0.1) is 10.8 Å². The number of thioether (sulfide) groups is 1. The quantitative estimate of drug-likeness (QED) is 0.249. The van der Waals surface area contributed by atoms with Crippen LogP contribution in [0, 0.1) is 0 Å². The van der Waals surface area contributed by atoms with Crippen LogP contribution in [0.1, 0.15) is 36.0 Å². The second kappa shape index (κ2) is 13.1. The van der Waals surface area contributed by atoms with Crippen molar-refractivity contribution in [2.45, 2.75) is 35.3 Å². The average Bonchev–Trinajstić information content (AvgIpc) is 3.70. The van der Waals surface area contributed by atoms with Gasteiger partial charge in [0.2, 0.25) is 0 Å². The lowest BCUT2D eigenvalue weighted by molar-refractivity contribution is 0.107. The van der Waals surface area contributed by atoms with Gasteiger partial charge in [-0.2, -0.15) is 0 Å². The highest BCUT2D eigenvalue weighted by molar-refractivity contribution is 8.01. The topological polar surface area (TPSA) is 61.9 Å². The van der Waals surface area contributed by atoms with E-state index >= 15 is 0 Å². The Labute approximate surface area is 241 Å². The van der Waals surface area contributed by atoms with Gasteiger partial charge in [0, 0.05) is 31.4 Å². The summed E-state index contributed by atoms with van der Waals surface area (Å²) in [5, 5.41) is 3.20. The lowest BCUT2D eigenvalue weighted by atomic mass is 9.84. The predicted molar refractivity (Wildman–Crippen MR) is 161 cm³/mol. The molecular formula is C33H37N3O3S. The summed E-state index contributed by atoms with van der Waals surface area (Å²) in [7, 11) is 0. The normalized spacial score (nSPS) is 18.9. The molecule has 0 bridgehead atoms. The van der Waals surface area contributed by atoms with Gasteiger partial charge in [-0.05, 0) is 36.0 Å². The maximum Gasteiger partial charge on any atom is 0.410 e. The summed E-state index contributed by atoms with van der Waals surface area (Å²) < 4.78 is 4.99. The molecule has 1 N–H and O–H groups in total. The van der Waals surface area contributed by atoms with Crippen LogP contribution >= 0.6 is 11.8 Å². The van der Waals surface area contributed by atoms with Crippen LogP contribution in [-0.2, 0) is 9.48 Å². The van der Waals surface area contributed by atoms with Crippen molar-refractivity contribution < 1.29 is 14.3 Å². The van der Waals surface area contributed by atoms with Gasteiger partial charge in [0.25, 0.3) is 0 Å². The van der Waals surface area contributed by atoms with Crippen molar-refractivity contribution in [2.24, 2.45) is 0 Å². The molecule has 3 aromatic carbocycles.